The Hall–Kier alpha value is -1.16. The third kappa shape index (κ3) is 6.89. The molecule has 0 aliphatic heterocycles. The summed E-state index contributed by atoms with van der Waals surface area (Å²) in [4.78, 5) is 0. The molecule has 0 spiro atoms. The standard InChI is InChI=1S/C17H27F2NO/c1-2-3-4-5-6-7-8-11-21-17-15(18)12-14(9-10-20)13-16(17)19/h12-13H,2-11,20H2,1H3. The molecular weight excluding hydrogens is 272 g/mol. The third-order valence-electron chi connectivity index (χ3n) is 3.49. The summed E-state index contributed by atoms with van der Waals surface area (Å²) in [6.07, 6.45) is 8.50. The number of hydrogen-bond donors (Lipinski definition) is 1. The molecule has 1 aromatic rings. The van der Waals surface area contributed by atoms with E-state index >= 15 is 0 Å². The van der Waals surface area contributed by atoms with E-state index in [1.165, 1.54) is 37.8 Å². The van der Waals surface area contributed by atoms with Gasteiger partial charge in [-0.3, -0.25) is 0 Å². The monoisotopic (exact) mass is 299 g/mol. The van der Waals surface area contributed by atoms with Gasteiger partial charge in [0.25, 0.3) is 0 Å². The predicted molar refractivity (Wildman–Crippen MR) is 82.6 cm³/mol. The second-order valence-corrected chi connectivity index (χ2v) is 5.40. The predicted octanol–water partition coefficient (Wildman–Crippen LogP) is 4.60. The third-order valence-corrected chi connectivity index (χ3v) is 3.49. The summed E-state index contributed by atoms with van der Waals surface area (Å²) < 4.78 is 32.7. The lowest BCUT2D eigenvalue weighted by Gasteiger charge is -2.10. The fraction of sp³-hybridized carbons (Fsp3) is 0.647. The molecule has 0 fully saturated rings. The smallest absolute Gasteiger partial charge is 0.190 e. The Morgan fingerprint density at radius 1 is 0.952 bits per heavy atom. The van der Waals surface area contributed by atoms with Crippen LogP contribution < -0.4 is 10.5 Å². The van der Waals surface area contributed by atoms with Gasteiger partial charge >= 0.3 is 0 Å². The van der Waals surface area contributed by atoms with Gasteiger partial charge in [0.1, 0.15) is 0 Å². The number of rotatable bonds is 11. The summed E-state index contributed by atoms with van der Waals surface area (Å²) >= 11 is 0. The van der Waals surface area contributed by atoms with Crippen molar-refractivity contribution in [3.63, 3.8) is 0 Å². The van der Waals surface area contributed by atoms with Crippen molar-refractivity contribution in [3.8, 4) is 5.75 Å². The highest BCUT2D eigenvalue weighted by Gasteiger charge is 2.12. The summed E-state index contributed by atoms with van der Waals surface area (Å²) in [7, 11) is 0. The molecule has 0 atom stereocenters. The first-order chi connectivity index (χ1) is 10.2. The van der Waals surface area contributed by atoms with Gasteiger partial charge in [-0.25, -0.2) is 8.78 Å². The molecule has 1 rings (SSSR count). The van der Waals surface area contributed by atoms with Crippen molar-refractivity contribution in [2.75, 3.05) is 13.2 Å². The Balaban J connectivity index is 2.29. The van der Waals surface area contributed by atoms with Crippen molar-refractivity contribution in [2.45, 2.75) is 58.3 Å². The van der Waals surface area contributed by atoms with E-state index < -0.39 is 11.6 Å². The van der Waals surface area contributed by atoms with Gasteiger partial charge in [-0.2, -0.15) is 0 Å². The molecule has 2 N–H and O–H groups in total. The van der Waals surface area contributed by atoms with Crippen LogP contribution in [0.4, 0.5) is 8.78 Å². The molecule has 0 amide bonds. The van der Waals surface area contributed by atoms with Crippen LogP contribution in [-0.4, -0.2) is 13.2 Å². The van der Waals surface area contributed by atoms with Crippen molar-refractivity contribution in [1.29, 1.82) is 0 Å². The summed E-state index contributed by atoms with van der Waals surface area (Å²) in [5, 5.41) is 0. The van der Waals surface area contributed by atoms with E-state index in [0.717, 1.165) is 19.3 Å². The number of ether oxygens (including phenoxy) is 1. The first kappa shape index (κ1) is 17.9. The molecule has 0 bridgehead atoms. The lowest BCUT2D eigenvalue weighted by molar-refractivity contribution is 0.274. The Morgan fingerprint density at radius 2 is 1.52 bits per heavy atom. The fourth-order valence-corrected chi connectivity index (χ4v) is 2.29. The van der Waals surface area contributed by atoms with E-state index in [1.54, 1.807) is 0 Å². The molecule has 0 heterocycles. The van der Waals surface area contributed by atoms with Crippen LogP contribution in [0.3, 0.4) is 0 Å². The van der Waals surface area contributed by atoms with E-state index in [2.05, 4.69) is 6.92 Å². The number of halogens is 2. The maximum atomic E-state index is 13.7. The van der Waals surface area contributed by atoms with Crippen LogP contribution in [0.2, 0.25) is 0 Å². The van der Waals surface area contributed by atoms with Crippen molar-refractivity contribution in [3.05, 3.63) is 29.3 Å². The van der Waals surface area contributed by atoms with E-state index in [1.807, 2.05) is 0 Å². The molecule has 120 valence electrons. The average molecular weight is 299 g/mol. The molecule has 0 aliphatic rings. The van der Waals surface area contributed by atoms with Gasteiger partial charge < -0.3 is 10.5 Å². The second kappa shape index (κ2) is 10.6. The summed E-state index contributed by atoms with van der Waals surface area (Å²) in [5.41, 5.74) is 5.95. The normalized spacial score (nSPS) is 10.9. The van der Waals surface area contributed by atoms with Gasteiger partial charge in [-0.15, -0.1) is 0 Å². The molecule has 0 aliphatic carbocycles. The van der Waals surface area contributed by atoms with Crippen molar-refractivity contribution < 1.29 is 13.5 Å². The zero-order chi connectivity index (χ0) is 15.5. The topological polar surface area (TPSA) is 35.2 Å². The molecule has 0 unspecified atom stereocenters. The zero-order valence-corrected chi connectivity index (χ0v) is 13.0. The largest absolute Gasteiger partial charge is 0.488 e. The van der Waals surface area contributed by atoms with Gasteiger partial charge in [-0.05, 0) is 37.1 Å². The number of benzene rings is 1. The summed E-state index contributed by atoms with van der Waals surface area (Å²) in [5.74, 6) is -1.54. The second-order valence-electron chi connectivity index (χ2n) is 5.40. The van der Waals surface area contributed by atoms with Crippen LogP contribution in [0.1, 0.15) is 57.4 Å². The number of nitrogens with two attached hydrogens (primary N) is 1. The molecule has 1 aromatic carbocycles. The van der Waals surface area contributed by atoms with Crippen molar-refractivity contribution in [2.24, 2.45) is 5.73 Å². The van der Waals surface area contributed by atoms with Crippen molar-refractivity contribution in [1.82, 2.24) is 0 Å². The molecule has 2 nitrogen and oxygen atoms in total. The molecule has 0 radical (unpaired) electrons. The Labute approximate surface area is 126 Å². The molecule has 0 saturated carbocycles. The molecule has 0 aromatic heterocycles. The minimum absolute atomic E-state index is 0.262. The molecule has 21 heavy (non-hydrogen) atoms. The highest BCUT2D eigenvalue weighted by Crippen LogP contribution is 2.24. The molecule has 4 heteroatoms. The van der Waals surface area contributed by atoms with Gasteiger partial charge in [-0.1, -0.05) is 45.4 Å². The van der Waals surface area contributed by atoms with Crippen LogP contribution in [0.25, 0.3) is 0 Å². The summed E-state index contributed by atoms with van der Waals surface area (Å²) in [6, 6.07) is 2.60. The molecule has 0 saturated heterocycles. The van der Waals surface area contributed by atoms with Gasteiger partial charge in [0.05, 0.1) is 6.61 Å². The zero-order valence-electron chi connectivity index (χ0n) is 13.0. The average Bonchev–Trinajstić information content (AvgIpc) is 2.44. The van der Waals surface area contributed by atoms with E-state index in [9.17, 15) is 8.78 Å². The summed E-state index contributed by atoms with van der Waals surface area (Å²) in [6.45, 7) is 2.92. The lowest BCUT2D eigenvalue weighted by atomic mass is 10.1. The SMILES string of the molecule is CCCCCCCCCOc1c(F)cc(CCN)cc1F. The van der Waals surface area contributed by atoms with Crippen LogP contribution in [0, 0.1) is 11.6 Å². The first-order valence-electron chi connectivity index (χ1n) is 7.99. The van der Waals surface area contributed by atoms with Gasteiger partial charge in [0.15, 0.2) is 17.4 Å². The van der Waals surface area contributed by atoms with Gasteiger partial charge in [0.2, 0.25) is 0 Å². The maximum absolute atomic E-state index is 13.7. The minimum atomic E-state index is -0.638. The van der Waals surface area contributed by atoms with Crippen LogP contribution in [-0.2, 0) is 6.42 Å². The molecular formula is C17H27F2NO. The number of unbranched alkanes of at least 4 members (excludes halogenated alkanes) is 6. The van der Waals surface area contributed by atoms with Crippen molar-refractivity contribution >= 4 is 0 Å². The van der Waals surface area contributed by atoms with E-state index in [4.69, 9.17) is 10.5 Å². The Kier molecular flexibility index (Phi) is 8.99. The fourth-order valence-electron chi connectivity index (χ4n) is 2.29. The lowest BCUT2D eigenvalue weighted by Crippen LogP contribution is -2.06. The first-order valence-corrected chi connectivity index (χ1v) is 7.99. The van der Waals surface area contributed by atoms with Crippen LogP contribution >= 0.6 is 0 Å². The van der Waals surface area contributed by atoms with E-state index in [-0.39, 0.29) is 5.75 Å². The van der Waals surface area contributed by atoms with Gasteiger partial charge in [0, 0.05) is 0 Å². The Bertz CT molecular complexity index is 387. The highest BCUT2D eigenvalue weighted by molar-refractivity contribution is 5.31. The van der Waals surface area contributed by atoms with E-state index in [0.29, 0.717) is 25.1 Å². The quantitative estimate of drug-likeness (QED) is 0.606. The maximum Gasteiger partial charge on any atom is 0.190 e. The number of hydrogen-bond acceptors (Lipinski definition) is 2. The minimum Gasteiger partial charge on any atom is -0.488 e. The Morgan fingerprint density at radius 3 is 2.10 bits per heavy atom. The van der Waals surface area contributed by atoms with Crippen LogP contribution in [0.5, 0.6) is 5.75 Å². The van der Waals surface area contributed by atoms with Crippen LogP contribution in [0.15, 0.2) is 12.1 Å². The highest BCUT2D eigenvalue weighted by atomic mass is 19.1.